The van der Waals surface area contributed by atoms with Crippen molar-refractivity contribution in [2.24, 2.45) is 0 Å². The number of nitro groups is 1. The van der Waals surface area contributed by atoms with E-state index in [2.05, 4.69) is 4.74 Å². The highest BCUT2D eigenvalue weighted by atomic mass is 19.1. The van der Waals surface area contributed by atoms with Gasteiger partial charge in [-0.3, -0.25) is 14.9 Å². The van der Waals surface area contributed by atoms with Crippen LogP contribution in [0.25, 0.3) is 0 Å². The third-order valence-electron chi connectivity index (χ3n) is 2.02. The summed E-state index contributed by atoms with van der Waals surface area (Å²) in [4.78, 5) is 31.4. The Morgan fingerprint density at radius 3 is 2.74 bits per heavy atom. The van der Waals surface area contributed by atoms with Gasteiger partial charge in [-0.05, 0) is 13.0 Å². The summed E-state index contributed by atoms with van der Waals surface area (Å²) < 4.78 is 22.8. The first kappa shape index (κ1) is 14.6. The summed E-state index contributed by atoms with van der Waals surface area (Å²) in [6.45, 7) is 1.02. The Balaban J connectivity index is 3.02. The van der Waals surface area contributed by atoms with Gasteiger partial charge in [-0.15, -0.1) is 0 Å². The summed E-state index contributed by atoms with van der Waals surface area (Å²) in [5.74, 6) is -2.58. The lowest BCUT2D eigenvalue weighted by Crippen LogP contribution is -2.15. The fourth-order valence-corrected chi connectivity index (χ4v) is 1.28. The van der Waals surface area contributed by atoms with Crippen LogP contribution >= 0.6 is 0 Å². The van der Waals surface area contributed by atoms with E-state index in [0.29, 0.717) is 0 Å². The predicted octanol–water partition coefficient (Wildman–Crippen LogP) is 1.49. The van der Waals surface area contributed by atoms with Crippen molar-refractivity contribution < 1.29 is 28.4 Å². The zero-order valence-electron chi connectivity index (χ0n) is 9.92. The number of hydrogen-bond donors (Lipinski definition) is 0. The molecule has 0 radical (unpaired) electrons. The molecule has 0 amide bonds. The van der Waals surface area contributed by atoms with Gasteiger partial charge in [0.2, 0.25) is 5.75 Å². The summed E-state index contributed by atoms with van der Waals surface area (Å²) >= 11 is 0. The quantitative estimate of drug-likeness (QED) is 0.336. The van der Waals surface area contributed by atoms with Crippen molar-refractivity contribution >= 4 is 17.9 Å². The Morgan fingerprint density at radius 2 is 2.21 bits per heavy atom. The maximum Gasteiger partial charge on any atom is 0.344 e. The molecule has 102 valence electrons. The number of benzene rings is 1. The van der Waals surface area contributed by atoms with Crippen LogP contribution in [0.5, 0.6) is 5.75 Å². The highest BCUT2D eigenvalue weighted by Gasteiger charge is 2.22. The third-order valence-corrected chi connectivity index (χ3v) is 2.02. The number of aldehydes is 1. The molecule has 0 atom stereocenters. The van der Waals surface area contributed by atoms with E-state index in [-0.39, 0.29) is 18.5 Å². The zero-order valence-corrected chi connectivity index (χ0v) is 9.92. The molecule has 0 bridgehead atoms. The smallest absolute Gasteiger partial charge is 0.344 e. The molecule has 1 rings (SSSR count). The molecule has 0 saturated heterocycles. The second-order valence-corrected chi connectivity index (χ2v) is 3.32. The molecule has 1 aromatic carbocycles. The molecule has 0 aliphatic heterocycles. The molecule has 0 aromatic heterocycles. The lowest BCUT2D eigenvalue weighted by atomic mass is 10.2. The molecule has 0 unspecified atom stereocenters. The lowest BCUT2D eigenvalue weighted by Gasteiger charge is -2.07. The Hall–Kier alpha value is -2.51. The minimum Gasteiger partial charge on any atom is -0.473 e. The standard InChI is InChI=1S/C11H10FNO6/c1-2-18-10(15)6-19-11-8(12)3-7(5-14)4-9(11)13(16)17/h3-5H,2,6H2,1H3. The van der Waals surface area contributed by atoms with E-state index in [0.717, 1.165) is 12.1 Å². The van der Waals surface area contributed by atoms with Gasteiger partial charge >= 0.3 is 11.7 Å². The molecule has 0 aliphatic rings. The summed E-state index contributed by atoms with van der Waals surface area (Å²) in [6, 6.07) is 1.64. The molecule has 19 heavy (non-hydrogen) atoms. The van der Waals surface area contributed by atoms with Crippen molar-refractivity contribution in [2.75, 3.05) is 13.2 Å². The van der Waals surface area contributed by atoms with Gasteiger partial charge in [0.25, 0.3) is 0 Å². The van der Waals surface area contributed by atoms with Crippen molar-refractivity contribution in [3.63, 3.8) is 0 Å². The molecule has 0 aliphatic carbocycles. The molecule has 0 spiro atoms. The maximum absolute atomic E-state index is 13.6. The molecule has 0 fully saturated rings. The molecule has 8 heteroatoms. The van der Waals surface area contributed by atoms with Gasteiger partial charge in [0.1, 0.15) is 6.29 Å². The third kappa shape index (κ3) is 3.73. The molecule has 0 heterocycles. The summed E-state index contributed by atoms with van der Waals surface area (Å²) in [5.41, 5.74) is -0.931. The molecule has 7 nitrogen and oxygen atoms in total. The van der Waals surface area contributed by atoms with Crippen molar-refractivity contribution in [3.8, 4) is 5.75 Å². The average Bonchev–Trinajstić information content (AvgIpc) is 2.36. The van der Waals surface area contributed by atoms with Crippen LogP contribution in [0.1, 0.15) is 17.3 Å². The van der Waals surface area contributed by atoms with E-state index in [9.17, 15) is 24.1 Å². The van der Waals surface area contributed by atoms with Crippen molar-refractivity contribution in [1.82, 2.24) is 0 Å². The molecule has 1 aromatic rings. The van der Waals surface area contributed by atoms with Crippen molar-refractivity contribution in [2.45, 2.75) is 6.92 Å². The normalized spacial score (nSPS) is 9.79. The van der Waals surface area contributed by atoms with Gasteiger partial charge in [0.15, 0.2) is 12.4 Å². The van der Waals surface area contributed by atoms with Crippen LogP contribution in [0.3, 0.4) is 0 Å². The first-order valence-electron chi connectivity index (χ1n) is 5.21. The fraction of sp³-hybridized carbons (Fsp3) is 0.273. The van der Waals surface area contributed by atoms with Crippen molar-refractivity contribution in [1.29, 1.82) is 0 Å². The van der Waals surface area contributed by atoms with E-state index in [1.807, 2.05) is 0 Å². The molecule has 0 saturated carbocycles. The van der Waals surface area contributed by atoms with Crippen LogP contribution in [-0.2, 0) is 9.53 Å². The minimum atomic E-state index is -1.10. The number of nitrogens with zero attached hydrogens (tertiary/aromatic N) is 1. The SMILES string of the molecule is CCOC(=O)COc1c(F)cc(C=O)cc1[N+](=O)[O-]. The van der Waals surface area contributed by atoms with E-state index >= 15 is 0 Å². The highest BCUT2D eigenvalue weighted by Crippen LogP contribution is 2.31. The van der Waals surface area contributed by atoms with Crippen LogP contribution in [0.15, 0.2) is 12.1 Å². The average molecular weight is 271 g/mol. The highest BCUT2D eigenvalue weighted by molar-refractivity contribution is 5.77. The maximum atomic E-state index is 13.6. The van der Waals surface area contributed by atoms with Crippen LogP contribution in [0.2, 0.25) is 0 Å². The van der Waals surface area contributed by atoms with E-state index in [1.54, 1.807) is 6.92 Å². The zero-order chi connectivity index (χ0) is 14.4. The number of halogens is 1. The summed E-state index contributed by atoms with van der Waals surface area (Å²) in [5, 5.41) is 10.7. The number of carbonyl (C=O) groups excluding carboxylic acids is 2. The van der Waals surface area contributed by atoms with Gasteiger partial charge in [0.05, 0.1) is 11.5 Å². The van der Waals surface area contributed by atoms with Crippen LogP contribution in [0.4, 0.5) is 10.1 Å². The number of esters is 1. The Kier molecular flexibility index (Phi) is 4.92. The Labute approximate surface area is 107 Å². The van der Waals surface area contributed by atoms with E-state index in [4.69, 9.17) is 4.74 Å². The number of ether oxygens (including phenoxy) is 2. The van der Waals surface area contributed by atoms with Crippen LogP contribution in [0, 0.1) is 15.9 Å². The van der Waals surface area contributed by atoms with Gasteiger partial charge in [0, 0.05) is 11.6 Å². The van der Waals surface area contributed by atoms with Gasteiger partial charge in [-0.2, -0.15) is 0 Å². The molecular formula is C11H10FNO6. The fourth-order valence-electron chi connectivity index (χ4n) is 1.28. The minimum absolute atomic E-state index is 0.108. The Morgan fingerprint density at radius 1 is 1.53 bits per heavy atom. The lowest BCUT2D eigenvalue weighted by molar-refractivity contribution is -0.386. The first-order chi connectivity index (χ1) is 8.99. The first-order valence-corrected chi connectivity index (χ1v) is 5.21. The van der Waals surface area contributed by atoms with Crippen LogP contribution in [-0.4, -0.2) is 30.4 Å². The Bertz CT molecular complexity index is 516. The summed E-state index contributed by atoms with van der Waals surface area (Å²) in [6.07, 6.45) is 0.269. The van der Waals surface area contributed by atoms with E-state index < -0.39 is 34.8 Å². The summed E-state index contributed by atoms with van der Waals surface area (Å²) in [7, 11) is 0. The monoisotopic (exact) mass is 271 g/mol. The van der Waals surface area contributed by atoms with E-state index in [1.165, 1.54) is 0 Å². The van der Waals surface area contributed by atoms with Crippen LogP contribution < -0.4 is 4.74 Å². The number of nitro benzene ring substituents is 1. The van der Waals surface area contributed by atoms with Gasteiger partial charge in [-0.1, -0.05) is 0 Å². The van der Waals surface area contributed by atoms with Gasteiger partial charge in [-0.25, -0.2) is 9.18 Å². The largest absolute Gasteiger partial charge is 0.473 e. The van der Waals surface area contributed by atoms with Gasteiger partial charge < -0.3 is 9.47 Å². The number of hydrogen-bond acceptors (Lipinski definition) is 6. The number of rotatable bonds is 6. The number of carbonyl (C=O) groups is 2. The molecule has 0 N–H and O–H groups in total. The van der Waals surface area contributed by atoms with Crippen molar-refractivity contribution in [3.05, 3.63) is 33.6 Å². The topological polar surface area (TPSA) is 95.7 Å². The molecular weight excluding hydrogens is 261 g/mol. The second-order valence-electron chi connectivity index (χ2n) is 3.32. The predicted molar refractivity (Wildman–Crippen MR) is 60.6 cm³/mol. The second kappa shape index (κ2) is 6.43.